The fourth-order valence-electron chi connectivity index (χ4n) is 3.35. The Morgan fingerprint density at radius 3 is 1.88 bits per heavy atom. The van der Waals surface area contributed by atoms with Crippen molar-refractivity contribution in [3.05, 3.63) is 94.0 Å². The monoisotopic (exact) mass is 327 g/mol. The Kier molecular flexibility index (Phi) is 3.50. The molecule has 0 amide bonds. The summed E-state index contributed by atoms with van der Waals surface area (Å²) in [6.07, 6.45) is 0. The van der Waals surface area contributed by atoms with Crippen molar-refractivity contribution >= 4 is 22.9 Å². The van der Waals surface area contributed by atoms with Gasteiger partial charge < -0.3 is 5.32 Å². The summed E-state index contributed by atoms with van der Waals surface area (Å²) >= 11 is 0. The maximum atomic E-state index is 13.1. The molecule has 3 aromatic rings. The fourth-order valence-corrected chi connectivity index (χ4v) is 3.35. The predicted molar refractivity (Wildman–Crippen MR) is 98.9 cm³/mol. The van der Waals surface area contributed by atoms with Crippen LogP contribution in [-0.4, -0.2) is 11.6 Å². The molecule has 4 rings (SSSR count). The topological polar surface area (TPSA) is 46.2 Å². The number of aryl methyl sites for hydroxylation is 2. The van der Waals surface area contributed by atoms with Gasteiger partial charge in [-0.05, 0) is 37.1 Å². The number of fused-ring (bicyclic) bond motifs is 2. The molecule has 0 heterocycles. The number of para-hydroxylation sites is 1. The molecule has 0 radical (unpaired) electrons. The van der Waals surface area contributed by atoms with E-state index >= 15 is 0 Å². The van der Waals surface area contributed by atoms with Crippen molar-refractivity contribution in [1.82, 2.24) is 0 Å². The first kappa shape index (κ1) is 15.3. The number of nitrogens with one attached hydrogen (secondary N) is 1. The molecule has 0 spiro atoms. The average molecular weight is 327 g/mol. The average Bonchev–Trinajstić information content (AvgIpc) is 2.63. The molecular weight excluding hydrogens is 310 g/mol. The normalized spacial score (nSPS) is 12.6. The molecule has 3 aromatic carbocycles. The van der Waals surface area contributed by atoms with E-state index < -0.39 is 0 Å². The number of carbonyl (C=O) groups excluding carboxylic acids is 2. The maximum Gasteiger partial charge on any atom is 0.196 e. The molecule has 0 unspecified atom stereocenters. The van der Waals surface area contributed by atoms with E-state index in [0.717, 1.165) is 16.8 Å². The summed E-state index contributed by atoms with van der Waals surface area (Å²) < 4.78 is 0. The zero-order valence-electron chi connectivity index (χ0n) is 14.1. The molecule has 0 saturated heterocycles. The number of hydrogen-bond acceptors (Lipinski definition) is 3. The van der Waals surface area contributed by atoms with Crippen molar-refractivity contribution in [2.75, 3.05) is 5.32 Å². The van der Waals surface area contributed by atoms with E-state index in [1.165, 1.54) is 0 Å². The van der Waals surface area contributed by atoms with Crippen LogP contribution in [0.4, 0.5) is 11.4 Å². The van der Waals surface area contributed by atoms with Gasteiger partial charge in [0, 0.05) is 22.4 Å². The van der Waals surface area contributed by atoms with Crippen molar-refractivity contribution in [2.45, 2.75) is 13.8 Å². The molecule has 122 valence electrons. The van der Waals surface area contributed by atoms with Crippen LogP contribution in [0.1, 0.15) is 43.0 Å². The minimum absolute atomic E-state index is 0.0869. The number of rotatable bonds is 2. The first-order valence-corrected chi connectivity index (χ1v) is 8.22. The Labute approximate surface area is 146 Å². The van der Waals surface area contributed by atoms with Crippen LogP contribution in [0.5, 0.6) is 0 Å². The zero-order valence-corrected chi connectivity index (χ0v) is 14.1. The lowest BCUT2D eigenvalue weighted by Crippen LogP contribution is -2.23. The number of anilines is 2. The molecule has 0 bridgehead atoms. The first-order valence-electron chi connectivity index (χ1n) is 8.22. The SMILES string of the molecule is Cc1ccccc1Nc1ccc(C)c2c1C(=O)c1ccccc1C2=O. The van der Waals surface area contributed by atoms with E-state index in [0.29, 0.717) is 27.9 Å². The van der Waals surface area contributed by atoms with Crippen molar-refractivity contribution in [3.8, 4) is 0 Å². The van der Waals surface area contributed by atoms with Gasteiger partial charge >= 0.3 is 0 Å². The standard InChI is InChI=1S/C22H17NO2/c1-13-7-3-6-10-17(13)23-18-12-11-14(2)19-20(18)22(25)16-9-5-4-8-15(16)21(19)24/h3-12,23H,1-2H3. The zero-order chi connectivity index (χ0) is 17.6. The van der Waals surface area contributed by atoms with Crippen molar-refractivity contribution < 1.29 is 9.59 Å². The van der Waals surface area contributed by atoms with Crippen LogP contribution in [0.25, 0.3) is 0 Å². The van der Waals surface area contributed by atoms with Crippen molar-refractivity contribution in [1.29, 1.82) is 0 Å². The largest absolute Gasteiger partial charge is 0.355 e. The summed E-state index contributed by atoms with van der Waals surface area (Å²) in [5.41, 5.74) is 5.41. The van der Waals surface area contributed by atoms with Gasteiger partial charge in [0.25, 0.3) is 0 Å². The fraction of sp³-hybridized carbons (Fsp3) is 0.0909. The first-order chi connectivity index (χ1) is 12.1. The maximum absolute atomic E-state index is 13.1. The Hall–Kier alpha value is -3.20. The molecule has 0 fully saturated rings. The Morgan fingerprint density at radius 2 is 1.20 bits per heavy atom. The van der Waals surface area contributed by atoms with E-state index in [4.69, 9.17) is 0 Å². The highest BCUT2D eigenvalue weighted by Gasteiger charge is 2.32. The van der Waals surface area contributed by atoms with Crippen LogP contribution < -0.4 is 5.32 Å². The minimum atomic E-state index is -0.106. The Morgan fingerprint density at radius 1 is 0.600 bits per heavy atom. The molecule has 0 aromatic heterocycles. The number of hydrogen-bond donors (Lipinski definition) is 1. The van der Waals surface area contributed by atoms with Gasteiger partial charge in [0.2, 0.25) is 0 Å². The second-order valence-corrected chi connectivity index (χ2v) is 6.32. The highest BCUT2D eigenvalue weighted by atomic mass is 16.1. The highest BCUT2D eigenvalue weighted by Crippen LogP contribution is 2.35. The summed E-state index contributed by atoms with van der Waals surface area (Å²) in [5.74, 6) is -0.193. The quantitative estimate of drug-likeness (QED) is 0.574. The number of ketones is 2. The molecule has 0 atom stereocenters. The van der Waals surface area contributed by atoms with Crippen molar-refractivity contribution in [2.24, 2.45) is 0 Å². The van der Waals surface area contributed by atoms with Crippen LogP contribution in [0.3, 0.4) is 0 Å². The lowest BCUT2D eigenvalue weighted by molar-refractivity contribution is 0.0979. The summed E-state index contributed by atoms with van der Waals surface area (Å²) in [7, 11) is 0. The number of benzene rings is 3. The number of carbonyl (C=O) groups is 2. The van der Waals surface area contributed by atoms with Gasteiger partial charge in [-0.15, -0.1) is 0 Å². The van der Waals surface area contributed by atoms with E-state index in [2.05, 4.69) is 5.32 Å². The van der Waals surface area contributed by atoms with Gasteiger partial charge in [-0.3, -0.25) is 9.59 Å². The van der Waals surface area contributed by atoms with Crippen LogP contribution in [0.2, 0.25) is 0 Å². The predicted octanol–water partition coefficient (Wildman–Crippen LogP) is 4.82. The Balaban J connectivity index is 1.92. The van der Waals surface area contributed by atoms with Crippen LogP contribution in [0, 0.1) is 13.8 Å². The van der Waals surface area contributed by atoms with Crippen LogP contribution in [0.15, 0.2) is 60.7 Å². The van der Waals surface area contributed by atoms with Gasteiger partial charge in [0.05, 0.1) is 11.3 Å². The van der Waals surface area contributed by atoms with E-state index in [9.17, 15) is 9.59 Å². The van der Waals surface area contributed by atoms with Gasteiger partial charge in [-0.25, -0.2) is 0 Å². The van der Waals surface area contributed by atoms with E-state index in [1.807, 2.05) is 50.2 Å². The van der Waals surface area contributed by atoms with Crippen molar-refractivity contribution in [3.63, 3.8) is 0 Å². The third-order valence-corrected chi connectivity index (χ3v) is 4.70. The lowest BCUT2D eigenvalue weighted by Gasteiger charge is -2.23. The van der Waals surface area contributed by atoms with E-state index in [1.54, 1.807) is 24.3 Å². The van der Waals surface area contributed by atoms with Crippen LogP contribution in [-0.2, 0) is 0 Å². The van der Waals surface area contributed by atoms with Gasteiger partial charge in [-0.1, -0.05) is 48.5 Å². The molecule has 1 aliphatic carbocycles. The van der Waals surface area contributed by atoms with E-state index in [-0.39, 0.29) is 11.6 Å². The Bertz CT molecular complexity index is 1030. The summed E-state index contributed by atoms with van der Waals surface area (Å²) in [6.45, 7) is 3.88. The van der Waals surface area contributed by atoms with Gasteiger partial charge in [-0.2, -0.15) is 0 Å². The molecule has 1 N–H and O–H groups in total. The second-order valence-electron chi connectivity index (χ2n) is 6.32. The molecule has 25 heavy (non-hydrogen) atoms. The summed E-state index contributed by atoms with van der Waals surface area (Å²) in [5, 5.41) is 3.34. The third-order valence-electron chi connectivity index (χ3n) is 4.70. The molecule has 0 aliphatic heterocycles. The molecular formula is C22H17NO2. The second kappa shape index (κ2) is 5.71. The molecule has 0 saturated carbocycles. The third kappa shape index (κ3) is 2.36. The summed E-state index contributed by atoms with van der Waals surface area (Å²) in [6, 6.07) is 18.7. The lowest BCUT2D eigenvalue weighted by atomic mass is 9.81. The van der Waals surface area contributed by atoms with Crippen LogP contribution >= 0.6 is 0 Å². The summed E-state index contributed by atoms with van der Waals surface area (Å²) in [4.78, 5) is 26.1. The van der Waals surface area contributed by atoms with Gasteiger partial charge in [0.1, 0.15) is 0 Å². The molecule has 3 heteroatoms. The van der Waals surface area contributed by atoms with Gasteiger partial charge in [0.15, 0.2) is 11.6 Å². The minimum Gasteiger partial charge on any atom is -0.355 e. The highest BCUT2D eigenvalue weighted by molar-refractivity contribution is 6.30. The smallest absolute Gasteiger partial charge is 0.196 e. The molecule has 1 aliphatic rings. The molecule has 3 nitrogen and oxygen atoms in total.